The fraction of sp³-hybridized carbons (Fsp3) is 0.462. The topological polar surface area (TPSA) is 76.1 Å². The van der Waals surface area contributed by atoms with E-state index in [4.69, 9.17) is 5.73 Å². The lowest BCUT2D eigenvalue weighted by Crippen LogP contribution is -2.44. The number of piperazine rings is 1. The van der Waals surface area contributed by atoms with Crippen molar-refractivity contribution in [2.75, 3.05) is 39.0 Å². The predicted octanol–water partition coefficient (Wildman–Crippen LogP) is -0.00810. The van der Waals surface area contributed by atoms with Gasteiger partial charge in [-0.2, -0.15) is 4.68 Å². The summed E-state index contributed by atoms with van der Waals surface area (Å²) in [6, 6.07) is 7.60. The third-order valence-corrected chi connectivity index (χ3v) is 3.61. The first-order chi connectivity index (χ1) is 9.72. The minimum atomic E-state index is 0.712. The smallest absolute Gasteiger partial charge is 0.170 e. The molecular formula is C13H19N7. The molecule has 0 atom stereocenters. The average Bonchev–Trinajstić information content (AvgIpc) is 2.89. The van der Waals surface area contributed by atoms with Crippen LogP contribution in [-0.2, 0) is 6.54 Å². The summed E-state index contributed by atoms with van der Waals surface area (Å²) in [5, 5.41) is 12.0. The van der Waals surface area contributed by atoms with Crippen molar-refractivity contribution in [1.82, 2.24) is 30.0 Å². The van der Waals surface area contributed by atoms with Crippen LogP contribution in [0.1, 0.15) is 5.82 Å². The summed E-state index contributed by atoms with van der Waals surface area (Å²) in [6.07, 6.45) is 0. The van der Waals surface area contributed by atoms with Gasteiger partial charge >= 0.3 is 0 Å². The van der Waals surface area contributed by atoms with E-state index < -0.39 is 0 Å². The number of likely N-dealkylation sites (N-methyl/N-ethyl adjacent to an activating group) is 1. The van der Waals surface area contributed by atoms with E-state index in [1.807, 2.05) is 24.3 Å². The molecule has 3 rings (SSSR count). The molecule has 7 heteroatoms. The third-order valence-electron chi connectivity index (χ3n) is 3.61. The van der Waals surface area contributed by atoms with E-state index in [0.29, 0.717) is 5.69 Å². The summed E-state index contributed by atoms with van der Waals surface area (Å²) < 4.78 is 1.76. The lowest BCUT2D eigenvalue weighted by Gasteiger charge is -2.31. The maximum Gasteiger partial charge on any atom is 0.170 e. The number of rotatable bonds is 3. The van der Waals surface area contributed by atoms with Gasteiger partial charge in [0.1, 0.15) is 0 Å². The van der Waals surface area contributed by atoms with Gasteiger partial charge in [-0.1, -0.05) is 6.07 Å². The molecule has 2 aromatic rings. The molecule has 1 aliphatic heterocycles. The van der Waals surface area contributed by atoms with Crippen LogP contribution in [-0.4, -0.2) is 63.2 Å². The Morgan fingerprint density at radius 1 is 1.20 bits per heavy atom. The van der Waals surface area contributed by atoms with Crippen molar-refractivity contribution < 1.29 is 0 Å². The minimum Gasteiger partial charge on any atom is -0.399 e. The highest BCUT2D eigenvalue weighted by molar-refractivity contribution is 5.47. The molecule has 1 aromatic carbocycles. The number of nitrogens with zero attached hydrogens (tertiary/aromatic N) is 6. The summed E-state index contributed by atoms with van der Waals surface area (Å²) in [5.41, 5.74) is 7.43. The quantitative estimate of drug-likeness (QED) is 0.793. The van der Waals surface area contributed by atoms with Crippen molar-refractivity contribution >= 4 is 5.69 Å². The van der Waals surface area contributed by atoms with Crippen LogP contribution in [0.2, 0.25) is 0 Å². The van der Waals surface area contributed by atoms with E-state index in [0.717, 1.165) is 44.2 Å². The van der Waals surface area contributed by atoms with Crippen LogP contribution in [0, 0.1) is 0 Å². The fourth-order valence-corrected chi connectivity index (χ4v) is 2.37. The number of anilines is 1. The number of tetrazole rings is 1. The van der Waals surface area contributed by atoms with Gasteiger partial charge < -0.3 is 10.6 Å². The standard InChI is InChI=1S/C13H19N7/c1-18-5-7-19(8-6-18)10-13-15-16-17-20(13)12-4-2-3-11(14)9-12/h2-4,9H,5-8,10,14H2,1H3. The highest BCUT2D eigenvalue weighted by Crippen LogP contribution is 2.13. The number of benzene rings is 1. The Kier molecular flexibility index (Phi) is 3.62. The number of hydrogen-bond acceptors (Lipinski definition) is 6. The number of aromatic nitrogens is 4. The van der Waals surface area contributed by atoms with E-state index in [-0.39, 0.29) is 0 Å². The Labute approximate surface area is 118 Å². The minimum absolute atomic E-state index is 0.712. The first-order valence-corrected chi connectivity index (χ1v) is 6.76. The van der Waals surface area contributed by atoms with Crippen LogP contribution in [0.5, 0.6) is 0 Å². The molecular weight excluding hydrogens is 254 g/mol. The largest absolute Gasteiger partial charge is 0.399 e. The van der Waals surface area contributed by atoms with Crippen LogP contribution in [0.4, 0.5) is 5.69 Å². The molecule has 1 aliphatic rings. The Bertz CT molecular complexity index is 572. The van der Waals surface area contributed by atoms with Gasteiger partial charge in [0, 0.05) is 31.9 Å². The van der Waals surface area contributed by atoms with Crippen molar-refractivity contribution in [3.05, 3.63) is 30.1 Å². The predicted molar refractivity (Wildman–Crippen MR) is 76.3 cm³/mol. The molecule has 0 bridgehead atoms. The average molecular weight is 273 g/mol. The van der Waals surface area contributed by atoms with Crippen LogP contribution in [0.15, 0.2) is 24.3 Å². The van der Waals surface area contributed by atoms with Gasteiger partial charge in [-0.25, -0.2) is 0 Å². The maximum absolute atomic E-state index is 5.82. The Hall–Kier alpha value is -1.99. The molecule has 0 saturated carbocycles. The van der Waals surface area contributed by atoms with E-state index in [2.05, 4.69) is 32.4 Å². The molecule has 1 fully saturated rings. The lowest BCUT2D eigenvalue weighted by molar-refractivity contribution is 0.144. The summed E-state index contributed by atoms with van der Waals surface area (Å²) in [4.78, 5) is 4.70. The molecule has 2 N–H and O–H groups in total. The van der Waals surface area contributed by atoms with Crippen molar-refractivity contribution in [2.45, 2.75) is 6.54 Å². The molecule has 2 heterocycles. The van der Waals surface area contributed by atoms with E-state index in [9.17, 15) is 0 Å². The molecule has 0 spiro atoms. The summed E-state index contributed by atoms with van der Waals surface area (Å²) in [5.74, 6) is 0.847. The van der Waals surface area contributed by atoms with Crippen LogP contribution in [0.3, 0.4) is 0 Å². The number of hydrogen-bond donors (Lipinski definition) is 1. The van der Waals surface area contributed by atoms with E-state index in [1.54, 1.807) is 4.68 Å². The molecule has 1 saturated heterocycles. The normalized spacial score (nSPS) is 17.4. The molecule has 7 nitrogen and oxygen atoms in total. The first kappa shape index (κ1) is 13.0. The molecule has 0 amide bonds. The fourth-order valence-electron chi connectivity index (χ4n) is 2.37. The van der Waals surface area contributed by atoms with Crippen molar-refractivity contribution in [3.8, 4) is 5.69 Å². The van der Waals surface area contributed by atoms with Crippen molar-refractivity contribution in [2.24, 2.45) is 0 Å². The third kappa shape index (κ3) is 2.78. The Balaban J connectivity index is 1.77. The summed E-state index contributed by atoms with van der Waals surface area (Å²) in [7, 11) is 2.15. The van der Waals surface area contributed by atoms with E-state index >= 15 is 0 Å². The number of nitrogens with two attached hydrogens (primary N) is 1. The van der Waals surface area contributed by atoms with Crippen LogP contribution < -0.4 is 5.73 Å². The zero-order valence-corrected chi connectivity index (χ0v) is 11.6. The second-order valence-corrected chi connectivity index (χ2v) is 5.18. The Morgan fingerprint density at radius 2 is 2.00 bits per heavy atom. The molecule has 20 heavy (non-hydrogen) atoms. The van der Waals surface area contributed by atoms with Gasteiger partial charge in [0.15, 0.2) is 5.82 Å². The van der Waals surface area contributed by atoms with Gasteiger partial charge in [-0.3, -0.25) is 4.90 Å². The summed E-state index contributed by atoms with van der Waals surface area (Å²) in [6.45, 7) is 5.01. The van der Waals surface area contributed by atoms with Crippen LogP contribution in [0.25, 0.3) is 5.69 Å². The number of nitrogen functional groups attached to an aromatic ring is 1. The molecule has 0 aliphatic carbocycles. The van der Waals surface area contributed by atoms with Crippen molar-refractivity contribution in [1.29, 1.82) is 0 Å². The second-order valence-electron chi connectivity index (χ2n) is 5.18. The molecule has 106 valence electrons. The monoisotopic (exact) mass is 273 g/mol. The highest BCUT2D eigenvalue weighted by Gasteiger charge is 2.17. The molecule has 0 radical (unpaired) electrons. The van der Waals surface area contributed by atoms with Crippen LogP contribution >= 0.6 is 0 Å². The van der Waals surface area contributed by atoms with Gasteiger partial charge in [0.05, 0.1) is 12.2 Å². The maximum atomic E-state index is 5.82. The van der Waals surface area contributed by atoms with E-state index in [1.165, 1.54) is 0 Å². The highest BCUT2D eigenvalue weighted by atomic mass is 15.5. The zero-order valence-electron chi connectivity index (χ0n) is 11.6. The van der Waals surface area contributed by atoms with Gasteiger partial charge in [-0.15, -0.1) is 5.10 Å². The van der Waals surface area contributed by atoms with Gasteiger partial charge in [0.25, 0.3) is 0 Å². The second kappa shape index (κ2) is 5.56. The van der Waals surface area contributed by atoms with Gasteiger partial charge in [-0.05, 0) is 35.7 Å². The first-order valence-electron chi connectivity index (χ1n) is 6.76. The summed E-state index contributed by atoms with van der Waals surface area (Å²) >= 11 is 0. The Morgan fingerprint density at radius 3 is 2.75 bits per heavy atom. The molecule has 0 unspecified atom stereocenters. The SMILES string of the molecule is CN1CCN(Cc2nnnn2-c2cccc(N)c2)CC1. The zero-order chi connectivity index (χ0) is 13.9. The lowest BCUT2D eigenvalue weighted by atomic mass is 10.3. The van der Waals surface area contributed by atoms with Crippen molar-refractivity contribution in [3.63, 3.8) is 0 Å². The molecule has 1 aromatic heterocycles. The van der Waals surface area contributed by atoms with Gasteiger partial charge in [0.2, 0.25) is 0 Å².